The normalized spacial score (nSPS) is 18.1. The summed E-state index contributed by atoms with van der Waals surface area (Å²) in [4.78, 5) is 0. The summed E-state index contributed by atoms with van der Waals surface area (Å²) >= 11 is 3.27. The van der Waals surface area contributed by atoms with Crippen LogP contribution in [0, 0.1) is 5.82 Å². The molecule has 3 heteroatoms. The van der Waals surface area contributed by atoms with E-state index < -0.39 is 0 Å². The second kappa shape index (κ2) is 5.67. The first kappa shape index (κ1) is 11.9. The lowest BCUT2D eigenvalue weighted by atomic mass is 10.1. The third-order valence-electron chi connectivity index (χ3n) is 2.94. The Morgan fingerprint density at radius 3 is 2.38 bits per heavy atom. The fourth-order valence-electron chi connectivity index (χ4n) is 2.15. The average molecular weight is 287 g/mol. The zero-order chi connectivity index (χ0) is 11.4. The van der Waals surface area contributed by atoms with Crippen molar-refractivity contribution in [2.75, 3.05) is 0 Å². The third-order valence-corrected chi connectivity index (χ3v) is 3.40. The van der Waals surface area contributed by atoms with Gasteiger partial charge in [0.05, 0.1) is 6.10 Å². The van der Waals surface area contributed by atoms with Crippen LogP contribution in [-0.4, -0.2) is 6.10 Å². The maximum atomic E-state index is 13.2. The molecule has 0 saturated heterocycles. The highest BCUT2D eigenvalue weighted by atomic mass is 79.9. The predicted molar refractivity (Wildman–Crippen MR) is 66.2 cm³/mol. The molecule has 0 heterocycles. The van der Waals surface area contributed by atoms with Crippen LogP contribution >= 0.6 is 15.9 Å². The third kappa shape index (κ3) is 3.48. The summed E-state index contributed by atoms with van der Waals surface area (Å²) in [6.45, 7) is 0. The molecule has 1 aliphatic rings. The van der Waals surface area contributed by atoms with Crippen molar-refractivity contribution in [1.82, 2.24) is 0 Å². The fourth-order valence-corrected chi connectivity index (χ4v) is 2.59. The van der Waals surface area contributed by atoms with Gasteiger partial charge in [-0.3, -0.25) is 0 Å². The minimum atomic E-state index is -0.252. The van der Waals surface area contributed by atoms with E-state index in [9.17, 15) is 4.39 Å². The molecule has 1 fully saturated rings. The largest absolute Gasteiger partial charge is 0.490 e. The van der Waals surface area contributed by atoms with Gasteiger partial charge in [-0.2, -0.15) is 0 Å². The highest BCUT2D eigenvalue weighted by Gasteiger charge is 2.14. The maximum Gasteiger partial charge on any atom is 0.128 e. The van der Waals surface area contributed by atoms with Gasteiger partial charge in [0, 0.05) is 10.5 Å². The molecule has 0 N–H and O–H groups in total. The van der Waals surface area contributed by atoms with E-state index in [0.29, 0.717) is 5.75 Å². The van der Waals surface area contributed by atoms with Crippen LogP contribution in [0.5, 0.6) is 5.75 Å². The standard InChI is InChI=1S/C13H16BrFO/c14-10-7-11(15)9-13(8-10)16-12-5-3-1-2-4-6-12/h7-9,12H,1-6H2. The van der Waals surface area contributed by atoms with Crippen LogP contribution in [0.1, 0.15) is 38.5 Å². The van der Waals surface area contributed by atoms with Crippen LogP contribution in [0.15, 0.2) is 22.7 Å². The zero-order valence-corrected chi connectivity index (χ0v) is 10.8. The van der Waals surface area contributed by atoms with Crippen molar-refractivity contribution >= 4 is 15.9 Å². The van der Waals surface area contributed by atoms with Crippen molar-refractivity contribution < 1.29 is 9.13 Å². The van der Waals surface area contributed by atoms with E-state index >= 15 is 0 Å². The van der Waals surface area contributed by atoms with Gasteiger partial charge in [-0.25, -0.2) is 4.39 Å². The first-order valence-corrected chi connectivity index (χ1v) is 6.66. The number of hydrogen-bond acceptors (Lipinski definition) is 1. The van der Waals surface area contributed by atoms with Crippen molar-refractivity contribution in [1.29, 1.82) is 0 Å². The molecule has 1 aromatic rings. The monoisotopic (exact) mass is 286 g/mol. The highest BCUT2D eigenvalue weighted by molar-refractivity contribution is 9.10. The molecule has 0 unspecified atom stereocenters. The van der Waals surface area contributed by atoms with Crippen molar-refractivity contribution in [3.05, 3.63) is 28.5 Å². The predicted octanol–water partition coefficient (Wildman–Crippen LogP) is 4.69. The summed E-state index contributed by atoms with van der Waals surface area (Å²) in [7, 11) is 0. The van der Waals surface area contributed by atoms with E-state index in [4.69, 9.17) is 4.74 Å². The molecule has 16 heavy (non-hydrogen) atoms. The molecular formula is C13H16BrFO. The molecule has 1 saturated carbocycles. The minimum Gasteiger partial charge on any atom is -0.490 e. The van der Waals surface area contributed by atoms with Gasteiger partial charge in [-0.05, 0) is 37.8 Å². The second-order valence-corrected chi connectivity index (χ2v) is 5.25. The number of hydrogen-bond donors (Lipinski definition) is 0. The summed E-state index contributed by atoms with van der Waals surface area (Å²) in [5.41, 5.74) is 0. The van der Waals surface area contributed by atoms with Gasteiger partial charge in [0.1, 0.15) is 11.6 Å². The number of rotatable bonds is 2. The molecule has 1 aromatic carbocycles. The van der Waals surface area contributed by atoms with Crippen molar-refractivity contribution in [2.24, 2.45) is 0 Å². The van der Waals surface area contributed by atoms with Crippen LogP contribution in [0.2, 0.25) is 0 Å². The minimum absolute atomic E-state index is 0.252. The molecule has 88 valence electrons. The van der Waals surface area contributed by atoms with Crippen LogP contribution in [0.25, 0.3) is 0 Å². The van der Waals surface area contributed by atoms with Gasteiger partial charge in [-0.15, -0.1) is 0 Å². The lowest BCUT2D eigenvalue weighted by Gasteiger charge is -2.17. The van der Waals surface area contributed by atoms with Gasteiger partial charge in [-0.1, -0.05) is 28.8 Å². The Morgan fingerprint density at radius 2 is 1.75 bits per heavy atom. The Balaban J connectivity index is 2.01. The molecule has 0 spiro atoms. The molecule has 1 aliphatic carbocycles. The van der Waals surface area contributed by atoms with Crippen LogP contribution < -0.4 is 4.74 Å². The molecule has 2 rings (SSSR count). The SMILES string of the molecule is Fc1cc(Br)cc(OC2CCCCCC2)c1. The van der Waals surface area contributed by atoms with Crippen molar-refractivity contribution in [3.8, 4) is 5.75 Å². The average Bonchev–Trinajstić information content (AvgIpc) is 2.44. The van der Waals surface area contributed by atoms with E-state index in [1.165, 1.54) is 37.8 Å². The second-order valence-electron chi connectivity index (χ2n) is 4.34. The van der Waals surface area contributed by atoms with Crippen molar-refractivity contribution in [2.45, 2.75) is 44.6 Å². The Bertz CT molecular complexity index is 326. The van der Waals surface area contributed by atoms with Gasteiger partial charge < -0.3 is 4.74 Å². The van der Waals surface area contributed by atoms with E-state index in [1.54, 1.807) is 0 Å². The first-order valence-electron chi connectivity index (χ1n) is 5.87. The summed E-state index contributed by atoms with van der Waals surface area (Å²) < 4.78 is 19.7. The van der Waals surface area contributed by atoms with Crippen molar-refractivity contribution in [3.63, 3.8) is 0 Å². The number of halogens is 2. The lowest BCUT2D eigenvalue weighted by Crippen LogP contribution is -2.15. The topological polar surface area (TPSA) is 9.23 Å². The molecular weight excluding hydrogens is 271 g/mol. The molecule has 0 aliphatic heterocycles. The maximum absolute atomic E-state index is 13.2. The van der Waals surface area contributed by atoms with E-state index in [0.717, 1.165) is 17.3 Å². The van der Waals surface area contributed by atoms with Crippen LogP contribution in [-0.2, 0) is 0 Å². The molecule has 0 bridgehead atoms. The first-order chi connectivity index (χ1) is 7.74. The number of benzene rings is 1. The fraction of sp³-hybridized carbons (Fsp3) is 0.538. The molecule has 0 atom stereocenters. The Labute approximate surface area is 104 Å². The van der Waals surface area contributed by atoms with E-state index in [1.807, 2.05) is 6.07 Å². The molecule has 0 radical (unpaired) electrons. The smallest absolute Gasteiger partial charge is 0.128 e. The molecule has 0 amide bonds. The number of ether oxygens (including phenoxy) is 1. The Morgan fingerprint density at radius 1 is 1.06 bits per heavy atom. The summed E-state index contributed by atoms with van der Waals surface area (Å²) in [5, 5.41) is 0. The quantitative estimate of drug-likeness (QED) is 0.717. The van der Waals surface area contributed by atoms with E-state index in [-0.39, 0.29) is 11.9 Å². The van der Waals surface area contributed by atoms with Crippen LogP contribution in [0.4, 0.5) is 4.39 Å². The van der Waals surface area contributed by atoms with E-state index in [2.05, 4.69) is 15.9 Å². The van der Waals surface area contributed by atoms with Gasteiger partial charge in [0.15, 0.2) is 0 Å². The zero-order valence-electron chi connectivity index (χ0n) is 9.22. The summed E-state index contributed by atoms with van der Waals surface area (Å²) in [6, 6.07) is 4.73. The summed E-state index contributed by atoms with van der Waals surface area (Å²) in [5.74, 6) is 0.386. The van der Waals surface area contributed by atoms with Gasteiger partial charge >= 0.3 is 0 Å². The van der Waals surface area contributed by atoms with Gasteiger partial charge in [0.2, 0.25) is 0 Å². The van der Waals surface area contributed by atoms with Crippen LogP contribution in [0.3, 0.4) is 0 Å². The van der Waals surface area contributed by atoms with Gasteiger partial charge in [0.25, 0.3) is 0 Å². The lowest BCUT2D eigenvalue weighted by molar-refractivity contribution is 0.183. The Hall–Kier alpha value is -0.570. The molecule has 1 nitrogen and oxygen atoms in total. The molecule has 0 aromatic heterocycles. The highest BCUT2D eigenvalue weighted by Crippen LogP contribution is 2.25. The summed E-state index contributed by atoms with van der Waals surface area (Å²) in [6.07, 6.45) is 7.49. The Kier molecular flexibility index (Phi) is 4.22.